The van der Waals surface area contributed by atoms with Crippen molar-refractivity contribution in [1.82, 2.24) is 10.2 Å². The van der Waals surface area contributed by atoms with E-state index in [0.29, 0.717) is 13.1 Å². The van der Waals surface area contributed by atoms with Gasteiger partial charge < -0.3 is 20.0 Å². The van der Waals surface area contributed by atoms with Gasteiger partial charge in [-0.25, -0.2) is 0 Å². The molecule has 0 radical (unpaired) electrons. The number of rotatable bonds is 4. The number of nitrogens with one attached hydrogen (secondary N) is 2. The van der Waals surface area contributed by atoms with Gasteiger partial charge in [0.1, 0.15) is 0 Å². The minimum Gasteiger partial charge on any atom is -0.361 e. The van der Waals surface area contributed by atoms with E-state index in [1.165, 1.54) is 15.5 Å². The standard InChI is InChI=1S/C21H32N4O2S/c1-21(2,3)22-19(26)15-23-10-12-24(13-11-23)20(27)16-25-9-6-14-28-18-8-5-4-7-17(18)25/h4-5,7-8H,6,9-16H2,1-3H3,(H,22,26)/p+1. The lowest BCUT2D eigenvalue weighted by atomic mass is 10.1. The van der Waals surface area contributed by atoms with Crippen molar-refractivity contribution in [1.29, 1.82) is 0 Å². The zero-order valence-electron chi connectivity index (χ0n) is 17.3. The highest BCUT2D eigenvalue weighted by Gasteiger charge is 2.28. The van der Waals surface area contributed by atoms with Crippen molar-refractivity contribution in [2.45, 2.75) is 37.6 Å². The van der Waals surface area contributed by atoms with E-state index in [9.17, 15) is 9.59 Å². The van der Waals surface area contributed by atoms with E-state index >= 15 is 0 Å². The van der Waals surface area contributed by atoms with Gasteiger partial charge in [0.25, 0.3) is 5.91 Å². The molecule has 2 amide bonds. The maximum Gasteiger partial charge on any atom is 0.275 e. The Morgan fingerprint density at radius 1 is 1.14 bits per heavy atom. The van der Waals surface area contributed by atoms with E-state index < -0.39 is 0 Å². The first-order chi connectivity index (χ1) is 13.3. The average Bonchev–Trinajstić information content (AvgIpc) is 2.83. The summed E-state index contributed by atoms with van der Waals surface area (Å²) >= 11 is 1.88. The maximum atomic E-state index is 12.9. The average molecular weight is 406 g/mol. The molecule has 0 unspecified atom stereocenters. The van der Waals surface area contributed by atoms with E-state index in [4.69, 9.17) is 0 Å². The number of fused-ring (bicyclic) bond motifs is 1. The lowest BCUT2D eigenvalue weighted by molar-refractivity contribution is -0.896. The Bertz CT molecular complexity index is 696. The van der Waals surface area contributed by atoms with E-state index in [1.54, 1.807) is 0 Å². The van der Waals surface area contributed by atoms with Crippen LogP contribution < -0.4 is 15.1 Å². The fourth-order valence-electron chi connectivity index (χ4n) is 3.76. The Kier molecular flexibility index (Phi) is 6.88. The third-order valence-electron chi connectivity index (χ3n) is 5.11. The van der Waals surface area contributed by atoms with Gasteiger partial charge in [-0.2, -0.15) is 0 Å². The zero-order chi connectivity index (χ0) is 20.1. The van der Waals surface area contributed by atoms with Gasteiger partial charge in [-0.3, -0.25) is 9.59 Å². The molecule has 0 spiro atoms. The third kappa shape index (κ3) is 5.88. The normalized spacial score (nSPS) is 18.4. The number of carbonyl (C=O) groups is 2. The number of thioether (sulfide) groups is 1. The Hall–Kier alpha value is -1.73. The molecule has 3 rings (SSSR count). The summed E-state index contributed by atoms with van der Waals surface area (Å²) < 4.78 is 0. The van der Waals surface area contributed by atoms with Gasteiger partial charge in [0.15, 0.2) is 6.54 Å². The lowest BCUT2D eigenvalue weighted by Crippen LogP contribution is -3.16. The largest absolute Gasteiger partial charge is 0.361 e. The SMILES string of the molecule is CC(C)(C)NC(=O)C[NH+]1CCN(C(=O)CN2CCCSc3ccccc32)CC1. The van der Waals surface area contributed by atoms with Gasteiger partial charge >= 0.3 is 0 Å². The number of para-hydroxylation sites is 1. The minimum absolute atomic E-state index is 0.0842. The van der Waals surface area contributed by atoms with Crippen LogP contribution in [0.5, 0.6) is 0 Å². The van der Waals surface area contributed by atoms with Crippen molar-refractivity contribution in [3.8, 4) is 0 Å². The molecular formula is C21H33N4O2S+. The Balaban J connectivity index is 1.50. The second kappa shape index (κ2) is 9.18. The number of nitrogens with zero attached hydrogens (tertiary/aromatic N) is 2. The first-order valence-electron chi connectivity index (χ1n) is 10.2. The molecule has 0 bridgehead atoms. The Morgan fingerprint density at radius 3 is 2.57 bits per heavy atom. The van der Waals surface area contributed by atoms with Gasteiger partial charge in [0.05, 0.1) is 38.4 Å². The summed E-state index contributed by atoms with van der Waals surface area (Å²) in [4.78, 5) is 31.7. The summed E-state index contributed by atoms with van der Waals surface area (Å²) in [6.07, 6.45) is 1.09. The number of piperazine rings is 1. The number of anilines is 1. The van der Waals surface area contributed by atoms with Gasteiger partial charge in [-0.15, -0.1) is 11.8 Å². The van der Waals surface area contributed by atoms with Crippen LogP contribution in [0.1, 0.15) is 27.2 Å². The van der Waals surface area contributed by atoms with Crippen LogP contribution in [0.4, 0.5) is 5.69 Å². The van der Waals surface area contributed by atoms with E-state index in [-0.39, 0.29) is 17.4 Å². The highest BCUT2D eigenvalue weighted by atomic mass is 32.2. The van der Waals surface area contributed by atoms with Crippen LogP contribution in [0.25, 0.3) is 0 Å². The summed E-state index contributed by atoms with van der Waals surface area (Å²) in [6, 6.07) is 8.38. The lowest BCUT2D eigenvalue weighted by Gasteiger charge is -2.34. The van der Waals surface area contributed by atoms with Crippen molar-refractivity contribution in [3.63, 3.8) is 0 Å². The number of hydrogen-bond donors (Lipinski definition) is 2. The van der Waals surface area contributed by atoms with Crippen molar-refractivity contribution >= 4 is 29.3 Å². The molecule has 28 heavy (non-hydrogen) atoms. The Morgan fingerprint density at radius 2 is 1.86 bits per heavy atom. The number of amides is 2. The van der Waals surface area contributed by atoms with Crippen LogP contribution >= 0.6 is 11.8 Å². The molecule has 0 aromatic heterocycles. The molecule has 2 heterocycles. The molecule has 0 saturated carbocycles. The summed E-state index contributed by atoms with van der Waals surface area (Å²) in [7, 11) is 0. The molecule has 0 aliphatic carbocycles. The smallest absolute Gasteiger partial charge is 0.275 e. The summed E-state index contributed by atoms with van der Waals surface area (Å²) in [6.45, 7) is 10.9. The summed E-state index contributed by atoms with van der Waals surface area (Å²) in [5.41, 5.74) is 0.984. The van der Waals surface area contributed by atoms with E-state index in [0.717, 1.165) is 44.9 Å². The van der Waals surface area contributed by atoms with Crippen molar-refractivity contribution < 1.29 is 14.5 Å². The van der Waals surface area contributed by atoms with Crippen LogP contribution in [0, 0.1) is 0 Å². The van der Waals surface area contributed by atoms with Crippen LogP contribution in [0.3, 0.4) is 0 Å². The maximum absolute atomic E-state index is 12.9. The van der Waals surface area contributed by atoms with Crippen LogP contribution in [-0.2, 0) is 9.59 Å². The quantitative estimate of drug-likeness (QED) is 0.772. The minimum atomic E-state index is -0.198. The molecular weight excluding hydrogens is 372 g/mol. The molecule has 1 aromatic carbocycles. The second-order valence-electron chi connectivity index (χ2n) is 8.70. The first-order valence-corrected chi connectivity index (χ1v) is 11.2. The third-order valence-corrected chi connectivity index (χ3v) is 6.26. The predicted octanol–water partition coefficient (Wildman–Crippen LogP) is 0.631. The fraction of sp³-hybridized carbons (Fsp3) is 0.619. The van der Waals surface area contributed by atoms with Crippen molar-refractivity contribution in [2.24, 2.45) is 0 Å². The predicted molar refractivity (Wildman–Crippen MR) is 114 cm³/mol. The molecule has 1 saturated heterocycles. The molecule has 6 nitrogen and oxygen atoms in total. The molecule has 7 heteroatoms. The topological polar surface area (TPSA) is 57.1 Å². The second-order valence-corrected chi connectivity index (χ2v) is 9.83. The number of benzene rings is 1. The molecule has 154 valence electrons. The summed E-state index contributed by atoms with van der Waals surface area (Å²) in [5, 5.41) is 3.02. The van der Waals surface area contributed by atoms with E-state index in [1.807, 2.05) is 43.5 Å². The van der Waals surface area contributed by atoms with Crippen LogP contribution in [0.15, 0.2) is 29.2 Å². The van der Waals surface area contributed by atoms with Crippen LogP contribution in [-0.4, -0.2) is 73.8 Å². The van der Waals surface area contributed by atoms with Gasteiger partial charge in [0, 0.05) is 17.0 Å². The van der Waals surface area contributed by atoms with Gasteiger partial charge in [-0.1, -0.05) is 12.1 Å². The first kappa shape index (κ1) is 21.0. The highest BCUT2D eigenvalue weighted by molar-refractivity contribution is 7.99. The Labute approximate surface area is 172 Å². The monoisotopic (exact) mass is 405 g/mol. The van der Waals surface area contributed by atoms with Gasteiger partial charge in [-0.05, 0) is 45.1 Å². The van der Waals surface area contributed by atoms with Crippen molar-refractivity contribution in [3.05, 3.63) is 24.3 Å². The number of hydrogen-bond acceptors (Lipinski definition) is 4. The number of carbonyl (C=O) groups excluding carboxylic acids is 2. The van der Waals surface area contributed by atoms with Crippen molar-refractivity contribution in [2.75, 3.05) is 56.5 Å². The number of quaternary nitrogens is 1. The highest BCUT2D eigenvalue weighted by Crippen LogP contribution is 2.33. The van der Waals surface area contributed by atoms with Crippen LogP contribution in [0.2, 0.25) is 0 Å². The molecule has 2 aliphatic rings. The molecule has 2 aliphatic heterocycles. The van der Waals surface area contributed by atoms with E-state index in [2.05, 4.69) is 28.4 Å². The fourth-order valence-corrected chi connectivity index (χ4v) is 4.78. The molecule has 1 aromatic rings. The molecule has 0 atom stereocenters. The molecule has 2 N–H and O–H groups in total. The van der Waals surface area contributed by atoms with Gasteiger partial charge in [0.2, 0.25) is 5.91 Å². The zero-order valence-corrected chi connectivity index (χ0v) is 18.1. The molecule has 1 fully saturated rings. The summed E-state index contributed by atoms with van der Waals surface area (Å²) in [5.74, 6) is 1.38.